The summed E-state index contributed by atoms with van der Waals surface area (Å²) in [6, 6.07) is 4.22. The molecule has 0 saturated heterocycles. The maximum absolute atomic E-state index is 5.99. The average Bonchev–Trinajstić information content (AvgIpc) is 2.86. The van der Waals surface area contributed by atoms with Gasteiger partial charge >= 0.3 is 7.12 Å². The quantitative estimate of drug-likeness (QED) is 0.460. The molecule has 0 amide bonds. The molecule has 0 aromatic carbocycles. The topological polar surface area (TPSA) is 18.5 Å². The smallest absolute Gasteiger partial charge is 0.405 e. The highest BCUT2D eigenvalue weighted by molar-refractivity contribution is 7.12. The van der Waals surface area contributed by atoms with E-state index in [9.17, 15) is 0 Å². The summed E-state index contributed by atoms with van der Waals surface area (Å²) in [5.41, 5.74) is 1.18. The van der Waals surface area contributed by atoms with Crippen LogP contribution in [0.5, 0.6) is 0 Å². The van der Waals surface area contributed by atoms with Gasteiger partial charge in [0.25, 0.3) is 0 Å². The van der Waals surface area contributed by atoms with E-state index in [-0.39, 0.29) is 19.3 Å². The maximum Gasteiger partial charge on any atom is 0.495 e. The van der Waals surface area contributed by atoms with E-state index < -0.39 is 0 Å². The Morgan fingerprint density at radius 3 is 2.35 bits per heavy atom. The van der Waals surface area contributed by atoms with Gasteiger partial charge in [-0.1, -0.05) is 31.9 Å². The minimum absolute atomic E-state index is 0.147. The van der Waals surface area contributed by atoms with Crippen molar-refractivity contribution >= 4 is 23.9 Å². The fraction of sp³-hybridized carbons (Fsp3) is 0.625. The Morgan fingerprint density at radius 1 is 1.25 bits per heavy atom. The molecular formula is C16H27BO2S. The van der Waals surface area contributed by atoms with Gasteiger partial charge in [0.05, 0.1) is 0 Å². The highest BCUT2D eigenvalue weighted by Gasteiger charge is 2.28. The van der Waals surface area contributed by atoms with E-state index in [1.54, 1.807) is 11.3 Å². The molecule has 4 heteroatoms. The minimum atomic E-state index is -0.273. The third-order valence-corrected chi connectivity index (χ3v) is 3.69. The minimum Gasteiger partial charge on any atom is -0.405 e. The van der Waals surface area contributed by atoms with Crippen LogP contribution in [0.15, 0.2) is 23.6 Å². The molecule has 1 heterocycles. The fourth-order valence-corrected chi connectivity index (χ4v) is 2.67. The molecule has 0 unspecified atom stereocenters. The normalized spacial score (nSPS) is 12.4. The van der Waals surface area contributed by atoms with Gasteiger partial charge in [0.15, 0.2) is 0 Å². The number of hydrogen-bond donors (Lipinski definition) is 0. The number of unbranched alkanes of at least 4 members (excludes halogenated alkanes) is 2. The van der Waals surface area contributed by atoms with Crippen molar-refractivity contribution in [2.75, 3.05) is 0 Å². The third kappa shape index (κ3) is 6.25. The number of rotatable bonds is 9. The molecule has 1 aromatic rings. The summed E-state index contributed by atoms with van der Waals surface area (Å²) in [4.78, 5) is 1.24. The molecule has 20 heavy (non-hydrogen) atoms. The zero-order valence-corrected chi connectivity index (χ0v) is 14.2. The van der Waals surface area contributed by atoms with Crippen molar-refractivity contribution in [3.05, 3.63) is 28.5 Å². The van der Waals surface area contributed by atoms with E-state index in [2.05, 4.69) is 58.2 Å². The molecule has 0 fully saturated rings. The summed E-state index contributed by atoms with van der Waals surface area (Å²) in [6.07, 6.45) is 6.05. The van der Waals surface area contributed by atoms with Gasteiger partial charge in [0, 0.05) is 17.1 Å². The first-order valence-corrected chi connectivity index (χ1v) is 8.47. The first-order valence-electron chi connectivity index (χ1n) is 7.59. The molecule has 0 saturated carbocycles. The molecule has 0 spiro atoms. The molecule has 0 atom stereocenters. The summed E-state index contributed by atoms with van der Waals surface area (Å²) in [6.45, 7) is 10.4. The predicted octanol–water partition coefficient (Wildman–Crippen LogP) is 5.20. The van der Waals surface area contributed by atoms with Gasteiger partial charge in [-0.15, -0.1) is 11.3 Å². The lowest BCUT2D eigenvalue weighted by Gasteiger charge is -2.21. The Morgan fingerprint density at radius 2 is 1.90 bits per heavy atom. The Bertz CT molecular complexity index is 375. The van der Waals surface area contributed by atoms with Crippen LogP contribution in [-0.4, -0.2) is 19.3 Å². The van der Waals surface area contributed by atoms with Gasteiger partial charge in [-0.3, -0.25) is 0 Å². The van der Waals surface area contributed by atoms with Crippen LogP contribution in [0.3, 0.4) is 0 Å². The van der Waals surface area contributed by atoms with Gasteiger partial charge in [-0.05, 0) is 51.0 Å². The maximum atomic E-state index is 5.99. The first-order chi connectivity index (χ1) is 9.54. The molecule has 0 aliphatic carbocycles. The molecule has 0 aliphatic rings. The summed E-state index contributed by atoms with van der Waals surface area (Å²) in [5, 5.41) is 2.10. The summed E-state index contributed by atoms with van der Waals surface area (Å²) in [7, 11) is -0.273. The summed E-state index contributed by atoms with van der Waals surface area (Å²) < 4.78 is 12.0. The van der Waals surface area contributed by atoms with Crippen molar-refractivity contribution in [1.82, 2.24) is 0 Å². The molecular weight excluding hydrogens is 267 g/mol. The van der Waals surface area contributed by atoms with Crippen LogP contribution in [0.2, 0.25) is 0 Å². The van der Waals surface area contributed by atoms with E-state index in [1.165, 1.54) is 23.2 Å². The van der Waals surface area contributed by atoms with Crippen LogP contribution in [-0.2, 0) is 9.31 Å². The number of hydrogen-bond acceptors (Lipinski definition) is 3. The van der Waals surface area contributed by atoms with E-state index >= 15 is 0 Å². The molecule has 0 N–H and O–H groups in total. The van der Waals surface area contributed by atoms with Crippen LogP contribution in [0, 0.1) is 0 Å². The van der Waals surface area contributed by atoms with Crippen molar-refractivity contribution in [2.24, 2.45) is 0 Å². The zero-order valence-electron chi connectivity index (χ0n) is 13.4. The van der Waals surface area contributed by atoms with E-state index in [0.29, 0.717) is 0 Å². The van der Waals surface area contributed by atoms with Gasteiger partial charge in [-0.2, -0.15) is 0 Å². The summed E-state index contributed by atoms with van der Waals surface area (Å²) >= 11 is 1.74. The number of allylic oxidation sites excluding steroid dienone is 1. The standard InChI is InChI=1S/C16H27BO2S/c1-6-7-8-10-15(16-11-9-12-20-16)17(18-13(2)3)19-14(4)5/h9-14H,6-8H2,1-5H3/b15-10-. The molecule has 0 bridgehead atoms. The Labute approximate surface area is 128 Å². The monoisotopic (exact) mass is 294 g/mol. The largest absolute Gasteiger partial charge is 0.495 e. The van der Waals surface area contributed by atoms with Crippen LogP contribution < -0.4 is 0 Å². The van der Waals surface area contributed by atoms with Crippen LogP contribution in [0.25, 0.3) is 5.47 Å². The lowest BCUT2D eigenvalue weighted by atomic mass is 9.75. The SMILES string of the molecule is CCCC/C=C(\B(OC(C)C)OC(C)C)c1cccs1. The molecule has 2 nitrogen and oxygen atoms in total. The van der Waals surface area contributed by atoms with Gasteiger partial charge in [-0.25, -0.2) is 0 Å². The van der Waals surface area contributed by atoms with Crippen molar-refractivity contribution in [3.8, 4) is 0 Å². The molecule has 0 aliphatic heterocycles. The van der Waals surface area contributed by atoms with E-state index in [4.69, 9.17) is 9.31 Å². The van der Waals surface area contributed by atoms with Gasteiger partial charge in [0.1, 0.15) is 0 Å². The first kappa shape index (κ1) is 17.5. The van der Waals surface area contributed by atoms with Crippen LogP contribution in [0.4, 0.5) is 0 Å². The van der Waals surface area contributed by atoms with Crippen molar-refractivity contribution < 1.29 is 9.31 Å². The van der Waals surface area contributed by atoms with E-state index in [0.717, 1.165) is 6.42 Å². The van der Waals surface area contributed by atoms with Gasteiger partial charge in [0.2, 0.25) is 0 Å². The van der Waals surface area contributed by atoms with Crippen LogP contribution >= 0.6 is 11.3 Å². The second-order valence-electron chi connectivity index (χ2n) is 5.48. The summed E-state index contributed by atoms with van der Waals surface area (Å²) in [5.74, 6) is 0. The van der Waals surface area contributed by atoms with Gasteiger partial charge < -0.3 is 9.31 Å². The van der Waals surface area contributed by atoms with Crippen molar-refractivity contribution in [2.45, 2.75) is 66.1 Å². The lowest BCUT2D eigenvalue weighted by molar-refractivity contribution is 0.140. The third-order valence-electron chi connectivity index (χ3n) is 2.77. The number of thiophene rings is 1. The molecule has 1 rings (SSSR count). The fourth-order valence-electron chi connectivity index (χ4n) is 1.89. The van der Waals surface area contributed by atoms with Crippen molar-refractivity contribution in [1.29, 1.82) is 0 Å². The highest BCUT2D eigenvalue weighted by Crippen LogP contribution is 2.26. The second-order valence-corrected chi connectivity index (χ2v) is 6.43. The molecule has 1 aromatic heterocycles. The van der Waals surface area contributed by atoms with Crippen molar-refractivity contribution in [3.63, 3.8) is 0 Å². The van der Waals surface area contributed by atoms with E-state index in [1.807, 2.05) is 0 Å². The Hall–Kier alpha value is -0.575. The molecule has 0 radical (unpaired) electrons. The second kappa shape index (κ2) is 9.38. The Balaban J connectivity index is 2.94. The van der Waals surface area contributed by atoms with Crippen LogP contribution in [0.1, 0.15) is 58.8 Å². The zero-order chi connectivity index (χ0) is 15.0. The lowest BCUT2D eigenvalue weighted by Crippen LogP contribution is -2.31. The highest BCUT2D eigenvalue weighted by atomic mass is 32.1. The predicted molar refractivity (Wildman–Crippen MR) is 90.0 cm³/mol. The molecule has 112 valence electrons. The Kier molecular flexibility index (Phi) is 8.19. The average molecular weight is 294 g/mol.